The van der Waals surface area contributed by atoms with Crippen molar-refractivity contribution < 1.29 is 4.79 Å². The predicted molar refractivity (Wildman–Crippen MR) is 60.9 cm³/mol. The van der Waals surface area contributed by atoms with Crippen molar-refractivity contribution in [2.24, 2.45) is 10.7 Å². The van der Waals surface area contributed by atoms with Crippen LogP contribution in [0, 0.1) is 12.3 Å². The van der Waals surface area contributed by atoms with Gasteiger partial charge < -0.3 is 11.1 Å². The summed E-state index contributed by atoms with van der Waals surface area (Å²) in [5, 5.41) is 4.69. The lowest BCUT2D eigenvalue weighted by Gasteiger charge is -2.03. The van der Waals surface area contributed by atoms with E-state index in [-0.39, 0.29) is 12.5 Å². The molecule has 0 aliphatic carbocycles. The summed E-state index contributed by atoms with van der Waals surface area (Å²) in [5.41, 5.74) is 5.46. The molecule has 2 amide bonds. The van der Waals surface area contributed by atoms with Gasteiger partial charge in [-0.1, -0.05) is 12.0 Å². The molecule has 0 spiro atoms. The minimum Gasteiger partial charge on any atom is -0.369 e. The number of rotatable bonds is 2. The number of carbonyl (C=O) groups is 1. The minimum atomic E-state index is -0.505. The molecule has 1 aromatic rings. The van der Waals surface area contributed by atoms with Crippen LogP contribution in [-0.2, 0) is 0 Å². The quantitative estimate of drug-likeness (QED) is 0.368. The van der Waals surface area contributed by atoms with Crippen LogP contribution in [0.25, 0.3) is 0 Å². The topological polar surface area (TPSA) is 92.4 Å². The lowest BCUT2D eigenvalue weighted by molar-refractivity contribution is 0.246. The smallest absolute Gasteiger partial charge is 0.322 e. The van der Waals surface area contributed by atoms with Gasteiger partial charge in [-0.2, -0.15) is 4.99 Å². The maximum absolute atomic E-state index is 11.1. The number of carbonyl (C=O) groups excluding carboxylic acids is 1. The maximum atomic E-state index is 11.1. The molecule has 1 aromatic heterocycles. The number of hydrogen-bond donors (Lipinski definition) is 3. The molecule has 0 saturated heterocycles. The third-order valence-electron chi connectivity index (χ3n) is 1.48. The zero-order chi connectivity index (χ0) is 11.8. The SMILES string of the molecule is C#CCNC(=O)NC(N)=Nc1ccccn1. The number of nitrogens with two attached hydrogens (primary N) is 1. The van der Waals surface area contributed by atoms with Crippen molar-refractivity contribution in [2.75, 3.05) is 6.54 Å². The van der Waals surface area contributed by atoms with Gasteiger partial charge >= 0.3 is 6.03 Å². The van der Waals surface area contributed by atoms with Crippen molar-refractivity contribution in [2.45, 2.75) is 0 Å². The number of pyridine rings is 1. The molecule has 4 N–H and O–H groups in total. The fourth-order valence-electron chi connectivity index (χ4n) is 0.863. The number of urea groups is 1. The summed E-state index contributed by atoms with van der Waals surface area (Å²) < 4.78 is 0. The van der Waals surface area contributed by atoms with Crippen molar-refractivity contribution in [3.8, 4) is 12.3 Å². The Morgan fingerprint density at radius 3 is 3.06 bits per heavy atom. The van der Waals surface area contributed by atoms with Crippen molar-refractivity contribution >= 4 is 17.8 Å². The molecule has 0 aliphatic heterocycles. The standard InChI is InChI=1S/C10H11N5O/c1-2-6-13-10(16)15-9(11)14-8-5-3-4-7-12-8/h1,3-5,7H,6H2,(H4,11,12,13,14,15,16). The minimum absolute atomic E-state index is 0.0479. The van der Waals surface area contributed by atoms with Gasteiger partial charge in [-0.25, -0.2) is 9.78 Å². The van der Waals surface area contributed by atoms with Crippen LogP contribution in [0.3, 0.4) is 0 Å². The van der Waals surface area contributed by atoms with Crippen molar-refractivity contribution in [3.63, 3.8) is 0 Å². The van der Waals surface area contributed by atoms with Gasteiger partial charge in [0, 0.05) is 6.20 Å². The molecule has 0 aliphatic rings. The van der Waals surface area contributed by atoms with E-state index in [1.54, 1.807) is 24.4 Å². The van der Waals surface area contributed by atoms with Gasteiger partial charge in [0.15, 0.2) is 5.82 Å². The number of aliphatic imine (C=N–C) groups is 1. The Bertz CT molecular complexity index is 421. The van der Waals surface area contributed by atoms with E-state index in [0.29, 0.717) is 5.82 Å². The summed E-state index contributed by atoms with van der Waals surface area (Å²) in [4.78, 5) is 18.9. The highest BCUT2D eigenvalue weighted by Crippen LogP contribution is 2.03. The number of aromatic nitrogens is 1. The first-order valence-corrected chi connectivity index (χ1v) is 4.46. The highest BCUT2D eigenvalue weighted by molar-refractivity contribution is 5.96. The summed E-state index contributed by atoms with van der Waals surface area (Å²) in [7, 11) is 0. The Balaban J connectivity index is 2.53. The van der Waals surface area contributed by atoms with E-state index in [1.165, 1.54) is 0 Å². The summed E-state index contributed by atoms with van der Waals surface area (Å²) >= 11 is 0. The molecule has 1 rings (SSSR count). The lowest BCUT2D eigenvalue weighted by Crippen LogP contribution is -2.43. The van der Waals surface area contributed by atoms with E-state index >= 15 is 0 Å². The Labute approximate surface area is 93.0 Å². The van der Waals surface area contributed by atoms with Crippen LogP contribution in [0.5, 0.6) is 0 Å². The second kappa shape index (κ2) is 6.03. The van der Waals surface area contributed by atoms with Gasteiger partial charge in [-0.3, -0.25) is 5.32 Å². The maximum Gasteiger partial charge on any atom is 0.322 e. The molecule has 0 radical (unpaired) electrons. The fourth-order valence-corrected chi connectivity index (χ4v) is 0.863. The van der Waals surface area contributed by atoms with Gasteiger partial charge in [0.05, 0.1) is 6.54 Å². The van der Waals surface area contributed by atoms with E-state index in [1.807, 2.05) is 0 Å². The number of nitrogens with zero attached hydrogens (tertiary/aromatic N) is 2. The first-order valence-electron chi connectivity index (χ1n) is 4.46. The zero-order valence-corrected chi connectivity index (χ0v) is 8.47. The number of nitrogens with one attached hydrogen (secondary N) is 2. The normalized spacial score (nSPS) is 10.3. The van der Waals surface area contributed by atoms with E-state index in [9.17, 15) is 4.79 Å². The first-order chi connectivity index (χ1) is 7.72. The average molecular weight is 217 g/mol. The van der Waals surface area contributed by atoms with Crippen molar-refractivity contribution in [1.82, 2.24) is 15.6 Å². The summed E-state index contributed by atoms with van der Waals surface area (Å²) in [6.07, 6.45) is 6.54. The molecule has 0 atom stereocenters. The number of terminal acetylenes is 1. The largest absolute Gasteiger partial charge is 0.369 e. The highest BCUT2D eigenvalue weighted by atomic mass is 16.2. The second-order valence-electron chi connectivity index (χ2n) is 2.70. The molecule has 0 bridgehead atoms. The van der Waals surface area contributed by atoms with Gasteiger partial charge in [-0.05, 0) is 12.1 Å². The number of amides is 2. The van der Waals surface area contributed by atoms with E-state index in [2.05, 4.69) is 26.5 Å². The third-order valence-corrected chi connectivity index (χ3v) is 1.48. The molecule has 82 valence electrons. The molecule has 1 heterocycles. The first kappa shape index (κ1) is 11.5. The molecule has 6 nitrogen and oxygen atoms in total. The van der Waals surface area contributed by atoms with Gasteiger partial charge in [-0.15, -0.1) is 6.42 Å². The Morgan fingerprint density at radius 1 is 1.62 bits per heavy atom. The number of hydrogen-bond acceptors (Lipinski definition) is 3. The lowest BCUT2D eigenvalue weighted by atomic mass is 10.5. The van der Waals surface area contributed by atoms with Crippen molar-refractivity contribution in [3.05, 3.63) is 24.4 Å². The second-order valence-corrected chi connectivity index (χ2v) is 2.70. The van der Waals surface area contributed by atoms with Crippen LogP contribution < -0.4 is 16.4 Å². The van der Waals surface area contributed by atoms with E-state index < -0.39 is 6.03 Å². The fraction of sp³-hybridized carbons (Fsp3) is 0.100. The highest BCUT2D eigenvalue weighted by Gasteiger charge is 2.00. The van der Waals surface area contributed by atoms with Crippen LogP contribution in [-0.4, -0.2) is 23.5 Å². The summed E-state index contributed by atoms with van der Waals surface area (Å²) in [6.45, 7) is 0.128. The van der Waals surface area contributed by atoms with Gasteiger partial charge in [0.2, 0.25) is 5.96 Å². The summed E-state index contributed by atoms with van der Waals surface area (Å²) in [6, 6.07) is 4.67. The molecule has 6 heteroatoms. The van der Waals surface area contributed by atoms with Crippen LogP contribution in [0.1, 0.15) is 0 Å². The summed E-state index contributed by atoms with van der Waals surface area (Å²) in [5.74, 6) is 2.62. The molecule has 0 unspecified atom stereocenters. The van der Waals surface area contributed by atoms with E-state index in [4.69, 9.17) is 12.2 Å². The van der Waals surface area contributed by atoms with Crippen LogP contribution in [0.15, 0.2) is 29.4 Å². The van der Waals surface area contributed by atoms with Crippen LogP contribution >= 0.6 is 0 Å². The third kappa shape index (κ3) is 4.11. The molecule has 0 fully saturated rings. The Hall–Kier alpha value is -2.55. The van der Waals surface area contributed by atoms with Crippen LogP contribution in [0.2, 0.25) is 0 Å². The predicted octanol–water partition coefficient (Wildman–Crippen LogP) is -0.0398. The monoisotopic (exact) mass is 217 g/mol. The molecular formula is C10H11N5O. The molecular weight excluding hydrogens is 206 g/mol. The molecule has 0 aromatic carbocycles. The average Bonchev–Trinajstić information content (AvgIpc) is 2.27. The van der Waals surface area contributed by atoms with Crippen LogP contribution in [0.4, 0.5) is 10.6 Å². The van der Waals surface area contributed by atoms with Gasteiger partial charge in [0.25, 0.3) is 0 Å². The molecule has 0 saturated carbocycles. The zero-order valence-electron chi connectivity index (χ0n) is 8.47. The Kier molecular flexibility index (Phi) is 4.34. The molecule has 16 heavy (non-hydrogen) atoms. The van der Waals surface area contributed by atoms with E-state index in [0.717, 1.165) is 0 Å². The Morgan fingerprint density at radius 2 is 2.44 bits per heavy atom. The number of guanidine groups is 1. The van der Waals surface area contributed by atoms with Gasteiger partial charge in [0.1, 0.15) is 0 Å². The van der Waals surface area contributed by atoms with Crippen molar-refractivity contribution in [1.29, 1.82) is 0 Å².